The van der Waals surface area contributed by atoms with Crippen molar-refractivity contribution in [2.45, 2.75) is 70.0 Å². The molecule has 2 aromatic rings. The van der Waals surface area contributed by atoms with Gasteiger partial charge >= 0.3 is 6.03 Å². The number of nitrogens with one attached hydrogen (secondary N) is 2. The highest BCUT2D eigenvalue weighted by Gasteiger charge is 2.53. The van der Waals surface area contributed by atoms with E-state index in [0.717, 1.165) is 36.3 Å². The fraction of sp³-hybridized carbons (Fsp3) is 0.500. The minimum atomic E-state index is -0.856. The minimum absolute atomic E-state index is 0.0436. The van der Waals surface area contributed by atoms with Crippen molar-refractivity contribution in [3.63, 3.8) is 0 Å². The first-order valence-electron chi connectivity index (χ1n) is 12.1. The molecule has 2 saturated carbocycles. The molecule has 1 spiro atoms. The number of imide groups is 1. The number of rotatable bonds is 6. The Labute approximate surface area is 194 Å². The van der Waals surface area contributed by atoms with E-state index in [4.69, 9.17) is 0 Å². The van der Waals surface area contributed by atoms with Crippen molar-refractivity contribution in [3.05, 3.63) is 48.0 Å². The topological polar surface area (TPSA) is 81.8 Å². The quantitative estimate of drug-likeness (QED) is 0.657. The number of hydrogen-bond acceptors (Lipinski definition) is 4. The standard InChI is InChI=1S/C26H32N4O3/c1-17-11-13-26(14-12-17)24(32)30(25(33)27-26)28-23(31)16-29(22-9-10-22)18(2)20-8-7-19-5-3-4-6-21(19)15-20/h3-8,15,17-18,22H,9-14,16H2,1-2H3,(H,27,33)(H,28,31). The SMILES string of the molecule is CC1CCC2(CC1)NC(=O)N(NC(=O)CN(C1CC1)C(C)c1ccc3ccccc3c1)C2=O. The van der Waals surface area contributed by atoms with Gasteiger partial charge in [0.2, 0.25) is 0 Å². The Morgan fingerprint density at radius 1 is 1.12 bits per heavy atom. The first-order valence-corrected chi connectivity index (χ1v) is 12.1. The Morgan fingerprint density at radius 2 is 1.82 bits per heavy atom. The van der Waals surface area contributed by atoms with Crippen molar-refractivity contribution < 1.29 is 14.4 Å². The molecule has 1 unspecified atom stereocenters. The molecule has 1 saturated heterocycles. The van der Waals surface area contributed by atoms with Gasteiger partial charge < -0.3 is 5.32 Å². The van der Waals surface area contributed by atoms with Crippen LogP contribution in [0, 0.1) is 5.92 Å². The van der Waals surface area contributed by atoms with Gasteiger partial charge in [-0.3, -0.25) is 19.9 Å². The Balaban J connectivity index is 1.27. The molecule has 2 aliphatic carbocycles. The number of hydrogen-bond donors (Lipinski definition) is 2. The van der Waals surface area contributed by atoms with Gasteiger partial charge in [-0.05, 0) is 73.8 Å². The Morgan fingerprint density at radius 3 is 2.52 bits per heavy atom. The molecule has 33 heavy (non-hydrogen) atoms. The van der Waals surface area contributed by atoms with Gasteiger partial charge in [-0.1, -0.05) is 43.3 Å². The van der Waals surface area contributed by atoms with E-state index in [0.29, 0.717) is 24.8 Å². The van der Waals surface area contributed by atoms with Crippen LogP contribution in [-0.2, 0) is 9.59 Å². The largest absolute Gasteiger partial charge is 0.344 e. The van der Waals surface area contributed by atoms with Crippen LogP contribution in [0.15, 0.2) is 42.5 Å². The van der Waals surface area contributed by atoms with Gasteiger partial charge in [0, 0.05) is 12.1 Å². The zero-order valence-corrected chi connectivity index (χ0v) is 19.3. The Kier molecular flexibility index (Phi) is 5.60. The van der Waals surface area contributed by atoms with E-state index >= 15 is 0 Å². The summed E-state index contributed by atoms with van der Waals surface area (Å²) >= 11 is 0. The van der Waals surface area contributed by atoms with E-state index in [1.807, 2.05) is 12.1 Å². The van der Waals surface area contributed by atoms with Gasteiger partial charge in [0.1, 0.15) is 5.54 Å². The lowest BCUT2D eigenvalue weighted by molar-refractivity contribution is -0.140. The van der Waals surface area contributed by atoms with Gasteiger partial charge in [-0.25, -0.2) is 4.79 Å². The molecule has 3 aliphatic rings. The third-order valence-corrected chi connectivity index (χ3v) is 7.62. The van der Waals surface area contributed by atoms with Crippen LogP contribution in [0.4, 0.5) is 4.79 Å². The molecular weight excluding hydrogens is 416 g/mol. The summed E-state index contributed by atoms with van der Waals surface area (Å²) in [5.41, 5.74) is 2.90. The third-order valence-electron chi connectivity index (χ3n) is 7.62. The molecule has 7 nitrogen and oxygen atoms in total. The van der Waals surface area contributed by atoms with Gasteiger partial charge in [-0.2, -0.15) is 5.01 Å². The van der Waals surface area contributed by atoms with Gasteiger partial charge in [0.25, 0.3) is 11.8 Å². The number of benzene rings is 2. The number of nitrogens with zero attached hydrogens (tertiary/aromatic N) is 2. The molecule has 0 bridgehead atoms. The van der Waals surface area contributed by atoms with Crippen LogP contribution in [-0.4, -0.2) is 45.9 Å². The molecule has 3 fully saturated rings. The van der Waals surface area contributed by atoms with Crippen molar-refractivity contribution in [1.29, 1.82) is 0 Å². The zero-order valence-electron chi connectivity index (χ0n) is 19.3. The first kappa shape index (κ1) is 21.9. The molecule has 1 aliphatic heterocycles. The monoisotopic (exact) mass is 448 g/mol. The lowest BCUT2D eigenvalue weighted by Gasteiger charge is -2.33. The number of fused-ring (bicyclic) bond motifs is 1. The van der Waals surface area contributed by atoms with Crippen molar-refractivity contribution in [2.24, 2.45) is 5.92 Å². The molecule has 5 rings (SSSR count). The number of urea groups is 1. The summed E-state index contributed by atoms with van der Waals surface area (Å²) in [6, 6.07) is 14.5. The summed E-state index contributed by atoms with van der Waals surface area (Å²) in [6.45, 7) is 4.41. The Hall–Kier alpha value is -2.93. The van der Waals surface area contributed by atoms with Crippen LogP contribution in [0.1, 0.15) is 64.0 Å². The second-order valence-corrected chi connectivity index (χ2v) is 10.1. The van der Waals surface area contributed by atoms with Gasteiger partial charge in [0.15, 0.2) is 0 Å². The average Bonchev–Trinajstić information content (AvgIpc) is 3.63. The van der Waals surface area contributed by atoms with E-state index in [9.17, 15) is 14.4 Å². The fourth-order valence-electron chi connectivity index (χ4n) is 5.29. The van der Waals surface area contributed by atoms with Crippen LogP contribution < -0.4 is 10.7 Å². The summed E-state index contributed by atoms with van der Waals surface area (Å²) in [5.74, 6) is -0.111. The van der Waals surface area contributed by atoms with Crippen molar-refractivity contribution >= 4 is 28.6 Å². The normalized spacial score (nSPS) is 26.2. The highest BCUT2D eigenvalue weighted by atomic mass is 16.2. The maximum Gasteiger partial charge on any atom is 0.344 e. The molecule has 4 amide bonds. The smallest absolute Gasteiger partial charge is 0.322 e. The maximum atomic E-state index is 13.1. The summed E-state index contributed by atoms with van der Waals surface area (Å²) < 4.78 is 0. The number of hydrazine groups is 1. The molecule has 1 atom stereocenters. The molecule has 1 heterocycles. The minimum Gasteiger partial charge on any atom is -0.322 e. The van der Waals surface area contributed by atoms with Crippen LogP contribution in [0.5, 0.6) is 0 Å². The summed E-state index contributed by atoms with van der Waals surface area (Å²) in [4.78, 5) is 40.8. The highest BCUT2D eigenvalue weighted by molar-refractivity contribution is 6.08. The first-order chi connectivity index (χ1) is 15.9. The fourth-order valence-corrected chi connectivity index (χ4v) is 5.29. The van der Waals surface area contributed by atoms with Crippen LogP contribution >= 0.6 is 0 Å². The predicted octanol–water partition coefficient (Wildman–Crippen LogP) is 3.90. The number of amides is 4. The molecule has 7 heteroatoms. The third kappa shape index (κ3) is 4.22. The van der Waals surface area contributed by atoms with Crippen LogP contribution in [0.2, 0.25) is 0 Å². The predicted molar refractivity (Wildman–Crippen MR) is 126 cm³/mol. The Bertz CT molecular complexity index is 1090. The van der Waals surface area contributed by atoms with E-state index in [2.05, 4.69) is 59.8 Å². The van der Waals surface area contributed by atoms with E-state index in [-0.39, 0.29) is 24.4 Å². The van der Waals surface area contributed by atoms with Crippen molar-refractivity contribution in [2.75, 3.05) is 6.54 Å². The van der Waals surface area contributed by atoms with Gasteiger partial charge in [-0.15, -0.1) is 0 Å². The van der Waals surface area contributed by atoms with E-state index in [1.165, 1.54) is 10.8 Å². The number of carbonyl (C=O) groups is 3. The molecule has 0 aromatic heterocycles. The molecule has 2 aromatic carbocycles. The maximum absolute atomic E-state index is 13.1. The van der Waals surface area contributed by atoms with Crippen molar-refractivity contribution in [3.8, 4) is 0 Å². The average molecular weight is 449 g/mol. The zero-order chi connectivity index (χ0) is 23.2. The van der Waals surface area contributed by atoms with Crippen molar-refractivity contribution in [1.82, 2.24) is 20.7 Å². The lowest BCUT2D eigenvalue weighted by Crippen LogP contribution is -2.53. The van der Waals surface area contributed by atoms with E-state index < -0.39 is 11.6 Å². The van der Waals surface area contributed by atoms with Gasteiger partial charge in [0.05, 0.1) is 6.54 Å². The summed E-state index contributed by atoms with van der Waals surface area (Å²) in [6.07, 6.45) is 5.14. The molecule has 0 radical (unpaired) electrons. The second kappa shape index (κ2) is 8.45. The molecule has 2 N–H and O–H groups in total. The molecular formula is C26H32N4O3. The summed E-state index contributed by atoms with van der Waals surface area (Å²) in [5, 5.41) is 6.13. The highest BCUT2D eigenvalue weighted by Crippen LogP contribution is 2.37. The lowest BCUT2D eigenvalue weighted by atomic mass is 9.77. The van der Waals surface area contributed by atoms with Crippen LogP contribution in [0.3, 0.4) is 0 Å². The summed E-state index contributed by atoms with van der Waals surface area (Å²) in [7, 11) is 0. The molecule has 174 valence electrons. The van der Waals surface area contributed by atoms with E-state index in [1.54, 1.807) is 0 Å². The van der Waals surface area contributed by atoms with Crippen LogP contribution in [0.25, 0.3) is 10.8 Å². The second-order valence-electron chi connectivity index (χ2n) is 10.1. The number of carbonyl (C=O) groups excluding carboxylic acids is 3.